The summed E-state index contributed by atoms with van der Waals surface area (Å²) in [6, 6.07) is 4.98. The van der Waals surface area contributed by atoms with Crippen LogP contribution in [0.5, 0.6) is 0 Å². The molecule has 108 valence electrons. The summed E-state index contributed by atoms with van der Waals surface area (Å²) in [5.41, 5.74) is 10.7. The second kappa shape index (κ2) is 8.39. The molecule has 0 aromatic heterocycles. The molecule has 1 aliphatic rings. The molecule has 8 heteroatoms. The average molecular weight is 316 g/mol. The van der Waals surface area contributed by atoms with Crippen molar-refractivity contribution in [2.75, 3.05) is 13.1 Å². The molecule has 0 spiro atoms. The Labute approximate surface area is 126 Å². The molecule has 0 bridgehead atoms. The monoisotopic (exact) mass is 315 g/mol. The first-order valence-corrected chi connectivity index (χ1v) is 6.53. The normalized spacial score (nSPS) is 12.1. The van der Waals surface area contributed by atoms with Crippen molar-refractivity contribution in [3.05, 3.63) is 33.8 Å². The van der Waals surface area contributed by atoms with Gasteiger partial charge < -0.3 is 16.8 Å². The summed E-state index contributed by atoms with van der Waals surface area (Å²) >= 11 is 11.7. The minimum absolute atomic E-state index is 0.0175. The van der Waals surface area contributed by atoms with E-state index in [1.54, 1.807) is 24.5 Å². The third-order valence-electron chi connectivity index (χ3n) is 2.21. The number of hydrogen-bond acceptors (Lipinski definition) is 3. The zero-order chi connectivity index (χ0) is 15.0. The van der Waals surface area contributed by atoms with Gasteiger partial charge >= 0.3 is 0 Å². The van der Waals surface area contributed by atoms with Crippen LogP contribution in [0.4, 0.5) is 0 Å². The molecule has 0 atom stereocenters. The van der Waals surface area contributed by atoms with Gasteiger partial charge in [0.05, 0.1) is 19.3 Å². The molecule has 1 aromatic carbocycles. The fourth-order valence-electron chi connectivity index (χ4n) is 1.36. The Bertz CT molecular complexity index is 500. The molecule has 6 nitrogen and oxygen atoms in total. The zero-order valence-electron chi connectivity index (χ0n) is 10.6. The number of carbonyl (C=O) groups is 1. The summed E-state index contributed by atoms with van der Waals surface area (Å²) < 4.78 is 0. The molecule has 0 fully saturated rings. The molecule has 1 aliphatic heterocycles. The highest BCUT2D eigenvalue weighted by Gasteiger charge is 2.09. The molecule has 1 aromatic rings. The average Bonchev–Trinajstić information content (AvgIpc) is 2.92. The Morgan fingerprint density at radius 1 is 1.35 bits per heavy atom. The zero-order valence-corrected chi connectivity index (χ0v) is 12.2. The molecular formula is C12H15Cl2N5O. The Morgan fingerprint density at radius 3 is 2.40 bits per heavy atom. The lowest BCUT2D eigenvalue weighted by molar-refractivity contribution is -0.117. The number of nitrogens with zero attached hydrogens (tertiary/aromatic N) is 2. The Morgan fingerprint density at radius 2 is 2.00 bits per heavy atom. The van der Waals surface area contributed by atoms with E-state index in [2.05, 4.69) is 15.3 Å². The largest absolute Gasteiger partial charge is 0.375 e. The topological polar surface area (TPSA) is 106 Å². The van der Waals surface area contributed by atoms with E-state index in [-0.39, 0.29) is 12.4 Å². The van der Waals surface area contributed by atoms with E-state index in [0.717, 1.165) is 13.1 Å². The van der Waals surface area contributed by atoms with Gasteiger partial charge in [0.25, 0.3) is 5.91 Å². The van der Waals surface area contributed by atoms with E-state index in [4.69, 9.17) is 34.7 Å². The standard InChI is InChI=1S/C9H9Cl2N3O.C3H6N2/c10-6-2-1-3-7(11)5(6)4-8(15)14-9(12)13;1-2-5-3-4-1/h1-3H,4H2,(H4,12,13,14,15);3H,1-2H2,(H,4,5). The summed E-state index contributed by atoms with van der Waals surface area (Å²) in [7, 11) is 0. The number of aliphatic imine (C=N–C) groups is 2. The minimum atomic E-state index is -0.481. The van der Waals surface area contributed by atoms with Gasteiger partial charge in [-0.05, 0) is 17.7 Å². The van der Waals surface area contributed by atoms with E-state index in [1.165, 1.54) is 0 Å². The number of carbonyl (C=O) groups excluding carboxylic acids is 1. The first-order chi connectivity index (χ1) is 9.50. The predicted molar refractivity (Wildman–Crippen MR) is 82.3 cm³/mol. The van der Waals surface area contributed by atoms with Crippen LogP contribution in [0.3, 0.4) is 0 Å². The minimum Gasteiger partial charge on any atom is -0.375 e. The van der Waals surface area contributed by atoms with Gasteiger partial charge in [0, 0.05) is 16.6 Å². The van der Waals surface area contributed by atoms with Crippen LogP contribution < -0.4 is 16.8 Å². The summed E-state index contributed by atoms with van der Waals surface area (Å²) in [5.74, 6) is -0.756. The maximum Gasteiger partial charge on any atom is 0.253 e. The van der Waals surface area contributed by atoms with Crippen LogP contribution in [0, 0.1) is 0 Å². The van der Waals surface area contributed by atoms with Crippen LogP contribution in [0.2, 0.25) is 10.0 Å². The van der Waals surface area contributed by atoms with Gasteiger partial charge in [-0.15, -0.1) is 0 Å². The fourth-order valence-corrected chi connectivity index (χ4v) is 1.89. The molecule has 0 saturated carbocycles. The van der Waals surface area contributed by atoms with Crippen molar-refractivity contribution < 1.29 is 4.79 Å². The smallest absolute Gasteiger partial charge is 0.253 e. The third-order valence-corrected chi connectivity index (χ3v) is 2.92. The number of nitrogens with two attached hydrogens (primary N) is 2. The highest BCUT2D eigenvalue weighted by molar-refractivity contribution is 6.36. The highest BCUT2D eigenvalue weighted by Crippen LogP contribution is 2.24. The maximum atomic E-state index is 11.3. The number of amides is 1. The Kier molecular flexibility index (Phi) is 6.83. The van der Waals surface area contributed by atoms with Crippen molar-refractivity contribution in [3.63, 3.8) is 0 Å². The lowest BCUT2D eigenvalue weighted by Crippen LogP contribution is -2.24. The number of benzene rings is 1. The van der Waals surface area contributed by atoms with Gasteiger partial charge in [0.2, 0.25) is 0 Å². The molecule has 20 heavy (non-hydrogen) atoms. The maximum absolute atomic E-state index is 11.3. The predicted octanol–water partition coefficient (Wildman–Crippen LogP) is 0.954. The summed E-state index contributed by atoms with van der Waals surface area (Å²) in [4.78, 5) is 18.5. The van der Waals surface area contributed by atoms with Gasteiger partial charge in [-0.25, -0.2) is 0 Å². The molecule has 1 heterocycles. The van der Waals surface area contributed by atoms with Crippen molar-refractivity contribution in [3.8, 4) is 0 Å². The molecule has 0 radical (unpaired) electrons. The third kappa shape index (κ3) is 5.90. The van der Waals surface area contributed by atoms with Crippen molar-refractivity contribution in [2.45, 2.75) is 6.42 Å². The molecule has 0 saturated heterocycles. The molecule has 1 amide bonds. The quantitative estimate of drug-likeness (QED) is 0.558. The van der Waals surface area contributed by atoms with Gasteiger partial charge in [0.1, 0.15) is 0 Å². The van der Waals surface area contributed by atoms with Gasteiger partial charge in [0.15, 0.2) is 5.96 Å². The lowest BCUT2D eigenvalue weighted by Gasteiger charge is -2.03. The van der Waals surface area contributed by atoms with Crippen molar-refractivity contribution in [2.24, 2.45) is 21.5 Å². The van der Waals surface area contributed by atoms with E-state index in [9.17, 15) is 4.79 Å². The SMILES string of the molecule is C1=NCCN1.NC(N)=NC(=O)Cc1c(Cl)cccc1Cl. The number of halogens is 2. The van der Waals surface area contributed by atoms with Crippen molar-refractivity contribution in [1.82, 2.24) is 5.32 Å². The first-order valence-electron chi connectivity index (χ1n) is 5.77. The molecule has 0 unspecified atom stereocenters. The van der Waals surface area contributed by atoms with Crippen LogP contribution in [0.1, 0.15) is 5.56 Å². The van der Waals surface area contributed by atoms with Crippen molar-refractivity contribution >= 4 is 41.4 Å². The fraction of sp³-hybridized carbons (Fsp3) is 0.250. The van der Waals surface area contributed by atoms with Crippen molar-refractivity contribution in [1.29, 1.82) is 0 Å². The molecular weight excluding hydrogens is 301 g/mol. The highest BCUT2D eigenvalue weighted by atomic mass is 35.5. The van der Waals surface area contributed by atoms with Gasteiger partial charge in [-0.2, -0.15) is 4.99 Å². The number of hydrogen-bond donors (Lipinski definition) is 3. The molecule has 0 aliphatic carbocycles. The summed E-state index contributed by atoms with van der Waals surface area (Å²) in [5, 5.41) is 3.77. The first kappa shape index (κ1) is 16.3. The number of nitrogens with one attached hydrogen (secondary N) is 1. The van der Waals surface area contributed by atoms with Crippen LogP contribution in [-0.4, -0.2) is 31.3 Å². The van der Waals surface area contributed by atoms with Crippen LogP contribution >= 0.6 is 23.2 Å². The second-order valence-electron chi connectivity index (χ2n) is 3.80. The molecule has 2 rings (SSSR count). The van der Waals surface area contributed by atoms with Crippen LogP contribution in [-0.2, 0) is 11.2 Å². The Hall–Kier alpha value is -1.79. The Balaban J connectivity index is 0.000000333. The van der Waals surface area contributed by atoms with Crippen LogP contribution in [0.25, 0.3) is 0 Å². The van der Waals surface area contributed by atoms with Gasteiger partial charge in [-0.3, -0.25) is 9.79 Å². The lowest BCUT2D eigenvalue weighted by atomic mass is 10.1. The van der Waals surface area contributed by atoms with Crippen LogP contribution in [0.15, 0.2) is 28.2 Å². The molecule has 5 N–H and O–H groups in total. The van der Waals surface area contributed by atoms with E-state index in [1.807, 2.05) is 0 Å². The second-order valence-corrected chi connectivity index (χ2v) is 4.61. The number of rotatable bonds is 2. The summed E-state index contributed by atoms with van der Waals surface area (Å²) in [6.45, 7) is 1.99. The number of guanidine groups is 1. The summed E-state index contributed by atoms with van der Waals surface area (Å²) in [6.07, 6.45) is 1.72. The van der Waals surface area contributed by atoms with Gasteiger partial charge in [-0.1, -0.05) is 29.3 Å². The van der Waals surface area contributed by atoms with E-state index >= 15 is 0 Å². The van der Waals surface area contributed by atoms with E-state index in [0.29, 0.717) is 15.6 Å². The van der Waals surface area contributed by atoms with E-state index < -0.39 is 5.91 Å².